The Labute approximate surface area is 196 Å². The molecule has 0 saturated heterocycles. The fourth-order valence-electron chi connectivity index (χ4n) is 4.55. The molecule has 8 nitrogen and oxygen atoms in total. The zero-order valence-corrected chi connectivity index (χ0v) is 18.8. The number of carbonyl (C=O) groups excluding carboxylic acids is 2. The van der Waals surface area contributed by atoms with Crippen LogP contribution in [0.4, 0.5) is 0 Å². The summed E-state index contributed by atoms with van der Waals surface area (Å²) in [7, 11) is 2.21. The van der Waals surface area contributed by atoms with E-state index in [1.54, 1.807) is 24.3 Å². The molecule has 1 aliphatic carbocycles. The minimum Gasteiger partial charge on any atom is -0.511 e. The summed E-state index contributed by atoms with van der Waals surface area (Å²) in [5.41, 5.74) is -0.359. The van der Waals surface area contributed by atoms with Gasteiger partial charge in [-0.25, -0.2) is 4.79 Å². The summed E-state index contributed by atoms with van der Waals surface area (Å²) in [5, 5.41) is 41.4. The summed E-state index contributed by atoms with van der Waals surface area (Å²) in [5.74, 6) is -6.51. The average Bonchev–Trinajstić information content (AvgIpc) is 2.87. The van der Waals surface area contributed by atoms with E-state index in [0.29, 0.717) is 16.7 Å². The number of ether oxygens (including phenoxy) is 2. The Morgan fingerprint density at radius 1 is 0.912 bits per heavy atom. The van der Waals surface area contributed by atoms with Gasteiger partial charge in [0, 0.05) is 5.92 Å². The molecule has 3 rings (SSSR count). The molecule has 2 aromatic rings. The van der Waals surface area contributed by atoms with Crippen molar-refractivity contribution in [3.8, 4) is 18.2 Å². The number of aliphatic hydroxyl groups excluding tert-OH is 1. The largest absolute Gasteiger partial charge is 0.511 e. The highest BCUT2D eigenvalue weighted by atomic mass is 16.5. The van der Waals surface area contributed by atoms with Crippen LogP contribution in [0, 0.1) is 52.2 Å². The van der Waals surface area contributed by atoms with Gasteiger partial charge in [0.1, 0.15) is 11.7 Å². The Morgan fingerprint density at radius 3 is 1.94 bits per heavy atom. The topological polar surface area (TPSA) is 144 Å². The van der Waals surface area contributed by atoms with E-state index >= 15 is 0 Å². The highest BCUT2D eigenvalue weighted by Gasteiger charge is 2.61. The van der Waals surface area contributed by atoms with Crippen molar-refractivity contribution in [3.63, 3.8) is 0 Å². The molecule has 0 aromatic heterocycles. The molecule has 1 aliphatic rings. The Morgan fingerprint density at radius 2 is 1.47 bits per heavy atom. The van der Waals surface area contributed by atoms with Gasteiger partial charge in [-0.2, -0.15) is 15.8 Å². The lowest BCUT2D eigenvalue weighted by molar-refractivity contribution is -0.147. The first kappa shape index (κ1) is 24.0. The van der Waals surface area contributed by atoms with Crippen molar-refractivity contribution in [2.24, 2.45) is 11.3 Å². The molecule has 0 saturated carbocycles. The van der Waals surface area contributed by atoms with Gasteiger partial charge in [0.2, 0.25) is 0 Å². The molecule has 1 N–H and O–H groups in total. The van der Waals surface area contributed by atoms with E-state index in [9.17, 15) is 25.2 Å². The van der Waals surface area contributed by atoms with Gasteiger partial charge in [-0.3, -0.25) is 4.79 Å². The van der Waals surface area contributed by atoms with Crippen LogP contribution in [0.25, 0.3) is 0 Å². The monoisotopic (exact) mass is 455 g/mol. The lowest BCUT2D eigenvalue weighted by atomic mass is 9.54. The minimum absolute atomic E-state index is 0.332. The van der Waals surface area contributed by atoms with E-state index in [0.717, 1.165) is 19.8 Å². The van der Waals surface area contributed by atoms with Crippen LogP contribution in [-0.4, -0.2) is 31.3 Å². The van der Waals surface area contributed by atoms with Gasteiger partial charge in [0.25, 0.3) is 0 Å². The maximum absolute atomic E-state index is 12.9. The Bertz CT molecular complexity index is 1260. The van der Waals surface area contributed by atoms with Crippen molar-refractivity contribution in [1.29, 1.82) is 15.8 Å². The molecule has 0 unspecified atom stereocenters. The van der Waals surface area contributed by atoms with Gasteiger partial charge < -0.3 is 14.6 Å². The molecular weight excluding hydrogens is 434 g/mol. The second-order valence-electron chi connectivity index (χ2n) is 7.94. The van der Waals surface area contributed by atoms with E-state index in [2.05, 4.69) is 12.1 Å². The van der Waals surface area contributed by atoms with Crippen LogP contribution in [0.5, 0.6) is 0 Å². The van der Waals surface area contributed by atoms with E-state index in [4.69, 9.17) is 14.7 Å². The van der Waals surface area contributed by atoms with Crippen LogP contribution in [0.15, 0.2) is 59.9 Å². The highest BCUT2D eigenvalue weighted by molar-refractivity contribution is 5.94. The molecule has 0 spiro atoms. The van der Waals surface area contributed by atoms with E-state index in [1.807, 2.05) is 13.0 Å². The SMILES string of the molecule is COC(=O)C1=C(O)[C@H](C(=O)OC)[C@@H](c2ccc(C#N)cc2)C(C#N)(C#N)[C@@H]1c1ccc(C)cc1. The first-order valence-electron chi connectivity index (χ1n) is 10.3. The number of methoxy groups -OCH3 is 2. The summed E-state index contributed by atoms with van der Waals surface area (Å²) >= 11 is 0. The van der Waals surface area contributed by atoms with E-state index in [1.165, 1.54) is 24.3 Å². The molecule has 0 radical (unpaired) electrons. The van der Waals surface area contributed by atoms with Gasteiger partial charge in [-0.05, 0) is 30.2 Å². The predicted molar refractivity (Wildman–Crippen MR) is 119 cm³/mol. The van der Waals surface area contributed by atoms with E-state index in [-0.39, 0.29) is 5.57 Å². The maximum atomic E-state index is 12.9. The van der Waals surface area contributed by atoms with Crippen molar-refractivity contribution in [2.45, 2.75) is 18.8 Å². The quantitative estimate of drug-likeness (QED) is 0.689. The number of rotatable bonds is 4. The number of esters is 2. The third-order valence-corrected chi connectivity index (χ3v) is 6.18. The molecular formula is C26H21N3O5. The molecule has 0 bridgehead atoms. The zero-order chi connectivity index (χ0) is 25.0. The van der Waals surface area contributed by atoms with Crippen LogP contribution < -0.4 is 0 Å². The van der Waals surface area contributed by atoms with Gasteiger partial charge >= 0.3 is 11.9 Å². The second-order valence-corrected chi connectivity index (χ2v) is 7.94. The molecule has 0 heterocycles. The summed E-state index contributed by atoms with van der Waals surface area (Å²) in [6.07, 6.45) is 0. The number of carbonyl (C=O) groups is 2. The fraction of sp³-hybridized carbons (Fsp3) is 0.269. The third kappa shape index (κ3) is 3.74. The molecule has 8 heteroatoms. The molecule has 3 atom stereocenters. The number of nitriles is 3. The first-order valence-corrected chi connectivity index (χ1v) is 10.3. The Balaban J connectivity index is 2.46. The number of hydrogen-bond acceptors (Lipinski definition) is 8. The van der Waals surface area contributed by atoms with Crippen LogP contribution >= 0.6 is 0 Å². The van der Waals surface area contributed by atoms with Crippen molar-refractivity contribution in [2.75, 3.05) is 14.2 Å². The normalized spacial score (nSPS) is 20.9. The molecule has 34 heavy (non-hydrogen) atoms. The molecule has 0 fully saturated rings. The van der Waals surface area contributed by atoms with Crippen LogP contribution in [-0.2, 0) is 19.1 Å². The maximum Gasteiger partial charge on any atom is 0.337 e. The number of benzene rings is 2. The molecule has 2 aromatic carbocycles. The lowest BCUT2D eigenvalue weighted by Gasteiger charge is -2.44. The van der Waals surface area contributed by atoms with Gasteiger partial charge in [0.15, 0.2) is 5.41 Å². The van der Waals surface area contributed by atoms with Crippen molar-refractivity contribution in [3.05, 3.63) is 82.1 Å². The summed E-state index contributed by atoms with van der Waals surface area (Å²) in [6.45, 7) is 1.86. The average molecular weight is 455 g/mol. The second kappa shape index (κ2) is 9.48. The Kier molecular flexibility index (Phi) is 6.71. The van der Waals surface area contributed by atoms with Crippen LogP contribution in [0.2, 0.25) is 0 Å². The van der Waals surface area contributed by atoms with Crippen molar-refractivity contribution < 1.29 is 24.2 Å². The van der Waals surface area contributed by atoms with Gasteiger partial charge in [-0.1, -0.05) is 42.0 Å². The van der Waals surface area contributed by atoms with Gasteiger partial charge in [-0.15, -0.1) is 0 Å². The molecule has 0 aliphatic heterocycles. The number of aryl methyl sites for hydroxylation is 1. The van der Waals surface area contributed by atoms with Gasteiger partial charge in [0.05, 0.1) is 49.5 Å². The first-order chi connectivity index (χ1) is 16.3. The number of hydrogen-bond donors (Lipinski definition) is 1. The fourth-order valence-corrected chi connectivity index (χ4v) is 4.55. The summed E-state index contributed by atoms with van der Waals surface area (Å²) in [4.78, 5) is 25.8. The van der Waals surface area contributed by atoms with Crippen LogP contribution in [0.3, 0.4) is 0 Å². The summed E-state index contributed by atoms with van der Waals surface area (Å²) < 4.78 is 9.79. The zero-order valence-electron chi connectivity index (χ0n) is 18.8. The smallest absolute Gasteiger partial charge is 0.337 e. The standard InChI is InChI=1S/C26H21N3O5/c1-15-4-8-17(9-5-15)21-19(24(31)33-2)23(30)20(25(32)34-3)22(26(21,13-28)14-29)18-10-6-16(12-27)7-11-18/h4-11,20-22,30H,1-3H3/t20-,21-,22-/m1/s1. The third-order valence-electron chi connectivity index (χ3n) is 6.18. The van der Waals surface area contributed by atoms with Crippen molar-refractivity contribution >= 4 is 11.9 Å². The minimum atomic E-state index is -2.02. The van der Waals surface area contributed by atoms with E-state index < -0.39 is 40.9 Å². The number of nitrogens with zero attached hydrogens (tertiary/aromatic N) is 3. The molecule has 0 amide bonds. The van der Waals surface area contributed by atoms with Crippen LogP contribution in [0.1, 0.15) is 34.1 Å². The molecule has 170 valence electrons. The summed E-state index contributed by atoms with van der Waals surface area (Å²) in [6, 6.07) is 18.9. The van der Waals surface area contributed by atoms with Crippen molar-refractivity contribution in [1.82, 2.24) is 0 Å². The highest BCUT2D eigenvalue weighted by Crippen LogP contribution is 2.58. The lowest BCUT2D eigenvalue weighted by Crippen LogP contribution is -2.47. The predicted octanol–water partition coefficient (Wildman–Crippen LogP) is 3.56. The number of aliphatic hydroxyl groups is 1. The Hall–Kier alpha value is -4.61.